The zero-order chi connectivity index (χ0) is 12.5. The summed E-state index contributed by atoms with van der Waals surface area (Å²) in [5.41, 5.74) is 8.22. The van der Waals surface area contributed by atoms with Crippen LogP contribution in [-0.4, -0.2) is 5.11 Å². The molecule has 0 amide bonds. The first-order valence-electron chi connectivity index (χ1n) is 5.67. The van der Waals surface area contributed by atoms with Crippen molar-refractivity contribution in [3.05, 3.63) is 59.7 Å². The van der Waals surface area contributed by atoms with Crippen molar-refractivity contribution in [1.29, 1.82) is 0 Å². The molecule has 0 atom stereocenters. The van der Waals surface area contributed by atoms with Crippen molar-refractivity contribution in [2.75, 3.05) is 5.73 Å². The molecule has 0 saturated heterocycles. The van der Waals surface area contributed by atoms with Crippen LogP contribution in [-0.2, 0) is 5.41 Å². The molecule has 17 heavy (non-hydrogen) atoms. The Hall–Kier alpha value is -1.96. The van der Waals surface area contributed by atoms with Gasteiger partial charge in [-0.15, -0.1) is 0 Å². The molecule has 0 bridgehead atoms. The van der Waals surface area contributed by atoms with E-state index in [0.29, 0.717) is 5.69 Å². The molecule has 2 heteroatoms. The summed E-state index contributed by atoms with van der Waals surface area (Å²) in [6, 6.07) is 15.3. The molecule has 0 aliphatic rings. The van der Waals surface area contributed by atoms with E-state index in [9.17, 15) is 5.11 Å². The summed E-state index contributed by atoms with van der Waals surface area (Å²) >= 11 is 0. The van der Waals surface area contributed by atoms with Crippen LogP contribution < -0.4 is 5.73 Å². The molecule has 2 nitrogen and oxygen atoms in total. The maximum absolute atomic E-state index is 10.0. The zero-order valence-electron chi connectivity index (χ0n) is 10.1. The number of nitrogens with two attached hydrogens (primary N) is 1. The molecule has 0 heterocycles. The normalized spacial score (nSPS) is 11.4. The van der Waals surface area contributed by atoms with Crippen molar-refractivity contribution in [2.45, 2.75) is 19.3 Å². The van der Waals surface area contributed by atoms with Gasteiger partial charge in [0.15, 0.2) is 0 Å². The Labute approximate surface area is 102 Å². The fourth-order valence-electron chi connectivity index (χ4n) is 2.24. The maximum Gasteiger partial charge on any atom is 0.121 e. The van der Waals surface area contributed by atoms with Crippen LogP contribution in [0.25, 0.3) is 0 Å². The largest absolute Gasteiger partial charge is 0.508 e. The Kier molecular flexibility index (Phi) is 2.80. The van der Waals surface area contributed by atoms with Crippen LogP contribution in [0, 0.1) is 0 Å². The third-order valence-corrected chi connectivity index (χ3v) is 3.20. The van der Waals surface area contributed by atoms with Gasteiger partial charge in [0.1, 0.15) is 5.75 Å². The van der Waals surface area contributed by atoms with Crippen LogP contribution >= 0.6 is 0 Å². The van der Waals surface area contributed by atoms with Gasteiger partial charge in [-0.2, -0.15) is 0 Å². The fraction of sp³-hybridized carbons (Fsp3) is 0.200. The lowest BCUT2D eigenvalue weighted by Crippen LogP contribution is -2.20. The highest BCUT2D eigenvalue weighted by atomic mass is 16.3. The Morgan fingerprint density at radius 3 is 2.18 bits per heavy atom. The molecule has 3 N–H and O–H groups in total. The average Bonchev–Trinajstić information content (AvgIpc) is 2.29. The van der Waals surface area contributed by atoms with Gasteiger partial charge in [-0.3, -0.25) is 0 Å². The van der Waals surface area contributed by atoms with Crippen molar-refractivity contribution < 1.29 is 5.11 Å². The van der Waals surface area contributed by atoms with Crippen LogP contribution in [0.5, 0.6) is 5.75 Å². The molecule has 0 saturated carbocycles. The number of aromatic hydroxyl groups is 1. The minimum Gasteiger partial charge on any atom is -0.508 e. The SMILES string of the molecule is CC(C)(c1ccccc1)c1c(N)cccc1O. The Balaban J connectivity index is 2.60. The monoisotopic (exact) mass is 227 g/mol. The van der Waals surface area contributed by atoms with Gasteiger partial charge in [-0.1, -0.05) is 50.2 Å². The van der Waals surface area contributed by atoms with Gasteiger partial charge in [0, 0.05) is 16.7 Å². The van der Waals surface area contributed by atoms with Crippen molar-refractivity contribution >= 4 is 5.69 Å². The minimum atomic E-state index is -0.309. The Morgan fingerprint density at radius 2 is 1.59 bits per heavy atom. The van der Waals surface area contributed by atoms with E-state index in [2.05, 4.69) is 13.8 Å². The number of hydrogen-bond acceptors (Lipinski definition) is 2. The van der Waals surface area contributed by atoms with E-state index < -0.39 is 0 Å². The van der Waals surface area contributed by atoms with Gasteiger partial charge >= 0.3 is 0 Å². The molecule has 88 valence electrons. The topological polar surface area (TPSA) is 46.2 Å². The molecule has 0 aromatic heterocycles. The standard InChI is InChI=1S/C15H17NO/c1-15(2,11-7-4-3-5-8-11)14-12(16)9-6-10-13(14)17/h3-10,17H,16H2,1-2H3. The summed E-state index contributed by atoms with van der Waals surface area (Å²) in [5.74, 6) is 0.249. The van der Waals surface area contributed by atoms with Gasteiger partial charge < -0.3 is 10.8 Å². The van der Waals surface area contributed by atoms with Crippen LogP contribution in [0.3, 0.4) is 0 Å². The van der Waals surface area contributed by atoms with E-state index in [-0.39, 0.29) is 11.2 Å². The minimum absolute atomic E-state index is 0.249. The average molecular weight is 227 g/mol. The van der Waals surface area contributed by atoms with Crippen molar-refractivity contribution in [3.8, 4) is 5.75 Å². The summed E-state index contributed by atoms with van der Waals surface area (Å²) in [6.07, 6.45) is 0. The lowest BCUT2D eigenvalue weighted by molar-refractivity contribution is 0.454. The number of phenolic OH excluding ortho intramolecular Hbond substituents is 1. The van der Waals surface area contributed by atoms with E-state index >= 15 is 0 Å². The summed E-state index contributed by atoms with van der Waals surface area (Å²) < 4.78 is 0. The van der Waals surface area contributed by atoms with E-state index in [4.69, 9.17) is 5.73 Å². The summed E-state index contributed by atoms with van der Waals surface area (Å²) in [4.78, 5) is 0. The number of phenols is 1. The second-order valence-corrected chi connectivity index (χ2v) is 4.73. The predicted molar refractivity (Wildman–Crippen MR) is 71.1 cm³/mol. The predicted octanol–water partition coefficient (Wildman–Crippen LogP) is 3.30. The molecule has 0 fully saturated rings. The Morgan fingerprint density at radius 1 is 0.941 bits per heavy atom. The number of anilines is 1. The van der Waals surface area contributed by atoms with Crippen LogP contribution in [0.2, 0.25) is 0 Å². The zero-order valence-corrected chi connectivity index (χ0v) is 10.1. The van der Waals surface area contributed by atoms with Crippen LogP contribution in [0.15, 0.2) is 48.5 Å². The first-order valence-corrected chi connectivity index (χ1v) is 5.67. The van der Waals surface area contributed by atoms with Crippen molar-refractivity contribution in [1.82, 2.24) is 0 Å². The van der Waals surface area contributed by atoms with Gasteiger partial charge in [0.05, 0.1) is 0 Å². The molecule has 2 aromatic carbocycles. The summed E-state index contributed by atoms with van der Waals surface area (Å²) in [5, 5.41) is 10.0. The number of rotatable bonds is 2. The molecule has 2 rings (SSSR count). The lowest BCUT2D eigenvalue weighted by Gasteiger charge is -2.28. The highest BCUT2D eigenvalue weighted by Crippen LogP contribution is 2.39. The van der Waals surface area contributed by atoms with Crippen LogP contribution in [0.1, 0.15) is 25.0 Å². The Bertz CT molecular complexity index is 497. The first kappa shape index (κ1) is 11.5. The molecule has 0 radical (unpaired) electrons. The number of benzene rings is 2. The van der Waals surface area contributed by atoms with E-state index in [1.807, 2.05) is 36.4 Å². The molecule has 0 spiro atoms. The number of hydrogen-bond donors (Lipinski definition) is 2. The summed E-state index contributed by atoms with van der Waals surface area (Å²) in [6.45, 7) is 4.13. The molecule has 2 aromatic rings. The molecular weight excluding hydrogens is 210 g/mol. The van der Waals surface area contributed by atoms with Crippen molar-refractivity contribution in [2.24, 2.45) is 0 Å². The second-order valence-electron chi connectivity index (χ2n) is 4.73. The third kappa shape index (κ3) is 1.98. The van der Waals surface area contributed by atoms with E-state index in [1.165, 1.54) is 0 Å². The van der Waals surface area contributed by atoms with Crippen molar-refractivity contribution in [3.63, 3.8) is 0 Å². The van der Waals surface area contributed by atoms with E-state index in [0.717, 1.165) is 11.1 Å². The fourth-order valence-corrected chi connectivity index (χ4v) is 2.24. The smallest absolute Gasteiger partial charge is 0.121 e. The quantitative estimate of drug-likeness (QED) is 0.773. The highest BCUT2D eigenvalue weighted by molar-refractivity contribution is 5.60. The van der Waals surface area contributed by atoms with Gasteiger partial charge in [-0.25, -0.2) is 0 Å². The molecular formula is C15H17NO. The maximum atomic E-state index is 10.0. The van der Waals surface area contributed by atoms with Crippen LogP contribution in [0.4, 0.5) is 5.69 Å². The third-order valence-electron chi connectivity index (χ3n) is 3.20. The lowest BCUT2D eigenvalue weighted by atomic mass is 9.77. The first-order chi connectivity index (χ1) is 8.03. The molecule has 0 unspecified atom stereocenters. The van der Waals surface area contributed by atoms with Gasteiger partial charge in [-0.05, 0) is 17.7 Å². The van der Waals surface area contributed by atoms with E-state index in [1.54, 1.807) is 12.1 Å². The molecule has 0 aliphatic carbocycles. The van der Waals surface area contributed by atoms with Gasteiger partial charge in [0.25, 0.3) is 0 Å². The molecule has 0 aliphatic heterocycles. The second kappa shape index (κ2) is 4.13. The van der Waals surface area contributed by atoms with Gasteiger partial charge in [0.2, 0.25) is 0 Å². The number of nitrogen functional groups attached to an aromatic ring is 1. The highest BCUT2D eigenvalue weighted by Gasteiger charge is 2.27. The summed E-state index contributed by atoms with van der Waals surface area (Å²) in [7, 11) is 0.